The zero-order valence-electron chi connectivity index (χ0n) is 38.6. The number of carbonyl (C=O) groups is 2. The van der Waals surface area contributed by atoms with Crippen molar-refractivity contribution in [3.8, 4) is 0 Å². The fraction of sp³-hybridized carbons (Fsp3) is 0.755. The van der Waals surface area contributed by atoms with Gasteiger partial charge < -0.3 is 39.9 Å². The standard InChI is InChI=1S/C49H85O13P/c1-3-5-7-9-11-13-15-17-19-20-21-22-24-26-28-30-32-34-36-38-43(51)61-41(40-60-63(57,58)62-49-47(55)45(53)44(52)46(54)48(49)56)39-59-42(50)37-35-33-31-29-27-25-23-18-16-14-12-10-8-6-4-2/h11,13-14,16-17,19,21-22,26,28,41,44-49,52-56H,3-10,12,15,18,20,23-25,27,29-40H2,1-2H3,(H,57,58)/b13-11+,16-14+,19-17+,22-21+,28-26+/t41-,44?,45-,46?,47?,48?,49?/m1/s1. The van der Waals surface area contributed by atoms with Crippen LogP contribution in [0.2, 0.25) is 0 Å². The van der Waals surface area contributed by atoms with Crippen LogP contribution in [0.15, 0.2) is 60.8 Å². The Kier molecular flexibility index (Phi) is 36.1. The molecule has 0 aromatic heterocycles. The quantitative estimate of drug-likeness (QED) is 0.0147. The van der Waals surface area contributed by atoms with E-state index in [1.54, 1.807) is 0 Å². The van der Waals surface area contributed by atoms with Gasteiger partial charge in [-0.1, -0.05) is 145 Å². The van der Waals surface area contributed by atoms with E-state index in [0.717, 1.165) is 77.0 Å². The highest BCUT2D eigenvalue weighted by molar-refractivity contribution is 7.47. The maximum absolute atomic E-state index is 12.8. The number of hydrogen-bond donors (Lipinski definition) is 6. The van der Waals surface area contributed by atoms with Gasteiger partial charge in [0.1, 0.15) is 43.2 Å². The number of ether oxygens (including phenoxy) is 2. The van der Waals surface area contributed by atoms with Gasteiger partial charge in [0.15, 0.2) is 6.10 Å². The third-order valence-electron chi connectivity index (χ3n) is 10.8. The highest BCUT2D eigenvalue weighted by Gasteiger charge is 2.51. The molecule has 14 heteroatoms. The van der Waals surface area contributed by atoms with Crippen molar-refractivity contribution >= 4 is 19.8 Å². The molecule has 8 atom stereocenters. The maximum Gasteiger partial charge on any atom is 0.472 e. The van der Waals surface area contributed by atoms with Crippen LogP contribution in [0.5, 0.6) is 0 Å². The van der Waals surface area contributed by atoms with Gasteiger partial charge in [-0.05, 0) is 83.5 Å². The lowest BCUT2D eigenvalue weighted by molar-refractivity contribution is -0.220. The molecule has 0 bridgehead atoms. The number of allylic oxidation sites excluding steroid dienone is 10. The van der Waals surface area contributed by atoms with E-state index < -0.39 is 75.7 Å². The van der Waals surface area contributed by atoms with Crippen molar-refractivity contribution in [2.24, 2.45) is 0 Å². The number of aliphatic hydroxyl groups is 5. The van der Waals surface area contributed by atoms with E-state index in [9.17, 15) is 44.6 Å². The zero-order chi connectivity index (χ0) is 46.4. The molecule has 0 radical (unpaired) electrons. The molecule has 0 amide bonds. The molecule has 0 saturated heterocycles. The second kappa shape index (κ2) is 38.8. The summed E-state index contributed by atoms with van der Waals surface area (Å²) >= 11 is 0. The lowest BCUT2D eigenvalue weighted by Crippen LogP contribution is -2.64. The highest BCUT2D eigenvalue weighted by Crippen LogP contribution is 2.47. The molecule has 63 heavy (non-hydrogen) atoms. The van der Waals surface area contributed by atoms with Crippen molar-refractivity contribution in [2.45, 2.75) is 224 Å². The molecule has 0 spiro atoms. The van der Waals surface area contributed by atoms with Crippen LogP contribution >= 0.6 is 7.82 Å². The fourth-order valence-corrected chi connectivity index (χ4v) is 7.88. The molecular weight excluding hydrogens is 828 g/mol. The van der Waals surface area contributed by atoms with E-state index in [0.29, 0.717) is 12.8 Å². The molecule has 6 N–H and O–H groups in total. The van der Waals surface area contributed by atoms with Gasteiger partial charge in [0.25, 0.3) is 0 Å². The van der Waals surface area contributed by atoms with E-state index in [-0.39, 0.29) is 12.8 Å². The normalized spacial score (nSPS) is 22.2. The van der Waals surface area contributed by atoms with Crippen molar-refractivity contribution < 1.29 is 63.1 Å². The Bertz CT molecular complexity index is 1330. The highest BCUT2D eigenvalue weighted by atomic mass is 31.2. The van der Waals surface area contributed by atoms with Gasteiger partial charge >= 0.3 is 19.8 Å². The third kappa shape index (κ3) is 31.2. The summed E-state index contributed by atoms with van der Waals surface area (Å²) in [6.45, 7) is 3.23. The monoisotopic (exact) mass is 913 g/mol. The van der Waals surface area contributed by atoms with Crippen molar-refractivity contribution in [1.29, 1.82) is 0 Å². The summed E-state index contributed by atoms with van der Waals surface area (Å²) < 4.78 is 33.5. The molecule has 0 heterocycles. The van der Waals surface area contributed by atoms with E-state index in [1.807, 2.05) is 0 Å². The SMILES string of the molecule is CCCCC/C=C/C/C=C/C/C=C/C/C=C/CCCCCC(=O)O[C@H](COC(=O)CCCCCCCCC/C=C/CCCCCC)COP(=O)(O)OC1C(O)C(O)C(O)[C@@H](O)C1O. The van der Waals surface area contributed by atoms with Crippen LogP contribution in [0.25, 0.3) is 0 Å². The smallest absolute Gasteiger partial charge is 0.462 e. The molecule has 0 aliphatic heterocycles. The van der Waals surface area contributed by atoms with Crippen LogP contribution in [0.3, 0.4) is 0 Å². The predicted molar refractivity (Wildman–Crippen MR) is 249 cm³/mol. The number of aliphatic hydroxyl groups excluding tert-OH is 5. The van der Waals surface area contributed by atoms with Gasteiger partial charge in [-0.2, -0.15) is 0 Å². The van der Waals surface area contributed by atoms with Crippen LogP contribution in [-0.4, -0.2) is 98.3 Å². The molecule has 1 aliphatic rings. The molecule has 0 aromatic carbocycles. The number of phosphoric ester groups is 1. The summed E-state index contributed by atoms with van der Waals surface area (Å²) in [4.78, 5) is 35.7. The molecule has 1 rings (SSSR count). The first-order chi connectivity index (χ1) is 30.4. The lowest BCUT2D eigenvalue weighted by Gasteiger charge is -2.41. The number of phosphoric acid groups is 1. The van der Waals surface area contributed by atoms with Gasteiger partial charge in [0.05, 0.1) is 6.61 Å². The van der Waals surface area contributed by atoms with Crippen molar-refractivity contribution in [3.63, 3.8) is 0 Å². The van der Waals surface area contributed by atoms with Gasteiger partial charge in [-0.3, -0.25) is 18.6 Å². The van der Waals surface area contributed by atoms with Crippen molar-refractivity contribution in [2.75, 3.05) is 13.2 Å². The van der Waals surface area contributed by atoms with Crippen LogP contribution in [0.1, 0.15) is 181 Å². The largest absolute Gasteiger partial charge is 0.472 e. The zero-order valence-corrected chi connectivity index (χ0v) is 39.5. The molecule has 1 aliphatic carbocycles. The molecule has 0 aromatic rings. The minimum Gasteiger partial charge on any atom is -0.462 e. The summed E-state index contributed by atoms with van der Waals surface area (Å²) in [5.41, 5.74) is 0. The van der Waals surface area contributed by atoms with Crippen LogP contribution in [-0.2, 0) is 32.7 Å². The molecule has 1 saturated carbocycles. The van der Waals surface area contributed by atoms with Gasteiger partial charge in [-0.15, -0.1) is 0 Å². The topological polar surface area (TPSA) is 210 Å². The Morgan fingerprint density at radius 3 is 1.37 bits per heavy atom. The first-order valence-corrected chi connectivity index (χ1v) is 25.6. The summed E-state index contributed by atoms with van der Waals surface area (Å²) in [7, 11) is -5.13. The van der Waals surface area contributed by atoms with Crippen molar-refractivity contribution in [3.05, 3.63) is 60.8 Å². The number of hydrogen-bond acceptors (Lipinski definition) is 12. The first kappa shape index (κ1) is 58.6. The Balaban J connectivity index is 2.48. The minimum atomic E-state index is -5.13. The van der Waals surface area contributed by atoms with Gasteiger partial charge in [0, 0.05) is 12.8 Å². The number of esters is 2. The molecule has 1 fully saturated rings. The van der Waals surface area contributed by atoms with E-state index >= 15 is 0 Å². The second-order valence-electron chi connectivity index (χ2n) is 16.6. The average Bonchev–Trinajstić information content (AvgIpc) is 3.26. The van der Waals surface area contributed by atoms with Crippen molar-refractivity contribution in [1.82, 2.24) is 0 Å². The van der Waals surface area contributed by atoms with Gasteiger partial charge in [0.2, 0.25) is 0 Å². The lowest BCUT2D eigenvalue weighted by atomic mass is 9.85. The van der Waals surface area contributed by atoms with Crippen LogP contribution < -0.4 is 0 Å². The molecule has 13 nitrogen and oxygen atoms in total. The average molecular weight is 913 g/mol. The number of carbonyl (C=O) groups excluding carboxylic acids is 2. The summed E-state index contributed by atoms with van der Waals surface area (Å²) in [6.07, 6.45) is 34.1. The molecular formula is C49H85O13P. The predicted octanol–water partition coefficient (Wildman–Crippen LogP) is 9.73. The Morgan fingerprint density at radius 1 is 0.492 bits per heavy atom. The summed E-state index contributed by atoms with van der Waals surface area (Å²) in [5, 5.41) is 50.2. The minimum absolute atomic E-state index is 0.0563. The molecule has 6 unspecified atom stereocenters. The fourth-order valence-electron chi connectivity index (χ4n) is 6.91. The Hall–Kier alpha value is -2.45. The van der Waals surface area contributed by atoms with Crippen LogP contribution in [0.4, 0.5) is 0 Å². The summed E-state index contributed by atoms with van der Waals surface area (Å²) in [6, 6.07) is 0. The second-order valence-corrected chi connectivity index (χ2v) is 18.0. The van der Waals surface area contributed by atoms with Gasteiger partial charge in [-0.25, -0.2) is 4.57 Å². The van der Waals surface area contributed by atoms with E-state index in [1.165, 1.54) is 64.2 Å². The number of rotatable bonds is 39. The Morgan fingerprint density at radius 2 is 0.857 bits per heavy atom. The first-order valence-electron chi connectivity index (χ1n) is 24.1. The molecule has 364 valence electrons. The maximum atomic E-state index is 12.8. The van der Waals surface area contributed by atoms with E-state index in [4.69, 9.17) is 18.5 Å². The number of unbranched alkanes of at least 4 members (excludes halogenated alkanes) is 17. The summed E-state index contributed by atoms with van der Waals surface area (Å²) in [5.74, 6) is -1.14. The van der Waals surface area contributed by atoms with Crippen LogP contribution in [0, 0.1) is 0 Å². The third-order valence-corrected chi connectivity index (χ3v) is 11.8. The van der Waals surface area contributed by atoms with E-state index in [2.05, 4.69) is 74.6 Å². The Labute approximate surface area is 379 Å².